The molecule has 0 amide bonds. The molecule has 2 heterocycles. The lowest BCUT2D eigenvalue weighted by Crippen LogP contribution is -2.65. The molecule has 10 nitrogen and oxygen atoms in total. The summed E-state index contributed by atoms with van der Waals surface area (Å²) in [6, 6.07) is 5.65. The first-order valence-corrected chi connectivity index (χ1v) is 20.6. The maximum absolute atomic E-state index is 14.2. The zero-order valence-corrected chi connectivity index (χ0v) is 34.7. The molecule has 2 aromatic heterocycles. The molecule has 2 aromatic rings. The van der Waals surface area contributed by atoms with Gasteiger partial charge in [0, 0.05) is 42.5 Å². The summed E-state index contributed by atoms with van der Waals surface area (Å²) in [5, 5.41) is 28.2. The fourth-order valence-corrected chi connectivity index (χ4v) is 13.4. The van der Waals surface area contributed by atoms with Crippen molar-refractivity contribution in [1.29, 1.82) is 5.26 Å². The van der Waals surface area contributed by atoms with Gasteiger partial charge in [-0.3, -0.25) is 14.4 Å². The molecule has 55 heavy (non-hydrogen) atoms. The number of aliphatic carboxylic acids is 1. The number of carboxylic acid groups (broad SMARTS) is 1. The quantitative estimate of drug-likeness (QED) is 0.262. The van der Waals surface area contributed by atoms with Crippen LogP contribution in [0, 0.1) is 67.5 Å². The van der Waals surface area contributed by atoms with E-state index >= 15 is 0 Å². The Bertz CT molecular complexity index is 1990. The number of pyridine rings is 1. The van der Waals surface area contributed by atoms with E-state index in [0.717, 1.165) is 68.3 Å². The number of hydrogen-bond acceptors (Lipinski definition) is 8. The van der Waals surface area contributed by atoms with Crippen LogP contribution < -0.4 is 0 Å². The summed E-state index contributed by atoms with van der Waals surface area (Å²) < 4.78 is 8.23. The number of carbonyl (C=O) groups excluding carboxylic acids is 2. The van der Waals surface area contributed by atoms with Crippen LogP contribution in [0.15, 0.2) is 29.5 Å². The van der Waals surface area contributed by atoms with Gasteiger partial charge in [0.2, 0.25) is 0 Å². The number of ether oxygens (including phenoxy) is 1. The Morgan fingerprint density at radius 2 is 1.73 bits per heavy atom. The van der Waals surface area contributed by atoms with Crippen molar-refractivity contribution in [3.63, 3.8) is 0 Å². The van der Waals surface area contributed by atoms with E-state index in [2.05, 4.69) is 64.6 Å². The van der Waals surface area contributed by atoms with Crippen molar-refractivity contribution in [2.24, 2.45) is 63.2 Å². The Hall–Kier alpha value is -3.87. The van der Waals surface area contributed by atoms with Gasteiger partial charge in [0.15, 0.2) is 11.6 Å². The number of carboxylic acids is 1. The maximum atomic E-state index is 14.2. The molecule has 0 aromatic carbocycles. The van der Waals surface area contributed by atoms with Gasteiger partial charge < -0.3 is 14.4 Å². The molecule has 296 valence electrons. The molecule has 5 aliphatic carbocycles. The molecule has 8 atom stereocenters. The number of aromatic nitrogens is 4. The monoisotopic (exact) mass is 751 g/mol. The number of nitriles is 1. The lowest BCUT2D eigenvalue weighted by Gasteiger charge is -2.72. The predicted molar refractivity (Wildman–Crippen MR) is 208 cm³/mol. The van der Waals surface area contributed by atoms with Crippen LogP contribution in [0.25, 0.3) is 11.4 Å². The first kappa shape index (κ1) is 39.4. The van der Waals surface area contributed by atoms with Crippen molar-refractivity contribution in [2.75, 3.05) is 0 Å². The molecule has 0 unspecified atom stereocenters. The summed E-state index contributed by atoms with van der Waals surface area (Å²) in [7, 11) is 2.00. The van der Waals surface area contributed by atoms with E-state index in [4.69, 9.17) is 9.84 Å². The third-order valence-corrected chi connectivity index (χ3v) is 16.6. The Morgan fingerprint density at radius 1 is 1.00 bits per heavy atom. The summed E-state index contributed by atoms with van der Waals surface area (Å²) in [5.41, 5.74) is 2.10. The van der Waals surface area contributed by atoms with Crippen molar-refractivity contribution >= 4 is 17.7 Å². The van der Waals surface area contributed by atoms with Gasteiger partial charge in [0.1, 0.15) is 23.7 Å². The Balaban J connectivity index is 1.18. The molecular weight excluding hydrogens is 691 g/mol. The van der Waals surface area contributed by atoms with Crippen molar-refractivity contribution < 1.29 is 24.2 Å². The molecule has 4 saturated carbocycles. The van der Waals surface area contributed by atoms with Crippen molar-refractivity contribution in [3.05, 3.63) is 41.0 Å². The van der Waals surface area contributed by atoms with Crippen LogP contribution in [0.2, 0.25) is 0 Å². The third-order valence-electron chi connectivity index (χ3n) is 16.6. The first-order chi connectivity index (χ1) is 25.6. The van der Waals surface area contributed by atoms with E-state index in [-0.39, 0.29) is 45.5 Å². The van der Waals surface area contributed by atoms with E-state index in [1.165, 1.54) is 5.57 Å². The van der Waals surface area contributed by atoms with Crippen LogP contribution in [-0.2, 0) is 32.6 Å². The zero-order chi connectivity index (χ0) is 40.1. The number of nitrogens with zero attached hydrogens (tertiary/aromatic N) is 5. The lowest BCUT2D eigenvalue weighted by molar-refractivity contribution is -0.233. The summed E-state index contributed by atoms with van der Waals surface area (Å²) in [6.45, 7) is 19.8. The minimum Gasteiger partial charge on any atom is -0.481 e. The predicted octanol–water partition coefficient (Wildman–Crippen LogP) is 8.68. The Kier molecular flexibility index (Phi) is 9.37. The number of ketones is 1. The highest BCUT2D eigenvalue weighted by Gasteiger charge is 2.70. The molecule has 0 bridgehead atoms. The van der Waals surface area contributed by atoms with E-state index < -0.39 is 17.4 Å². The number of rotatable bonds is 8. The minimum atomic E-state index is -1.17. The van der Waals surface area contributed by atoms with Crippen molar-refractivity contribution in [2.45, 2.75) is 139 Å². The largest absolute Gasteiger partial charge is 0.481 e. The second-order valence-electron chi connectivity index (χ2n) is 20.4. The number of carbonyl (C=O) groups is 3. The topological polar surface area (TPSA) is 148 Å². The number of allylic oxidation sites excluding steroid dienone is 2. The van der Waals surface area contributed by atoms with Gasteiger partial charge in [0.25, 0.3) is 0 Å². The van der Waals surface area contributed by atoms with Crippen LogP contribution in [0.5, 0.6) is 0 Å². The second kappa shape index (κ2) is 13.1. The normalized spacial score (nSPS) is 35.3. The molecule has 0 spiro atoms. The van der Waals surface area contributed by atoms with Crippen LogP contribution in [0.3, 0.4) is 0 Å². The Labute approximate surface area is 326 Å². The van der Waals surface area contributed by atoms with Gasteiger partial charge in [-0.05, 0) is 123 Å². The summed E-state index contributed by atoms with van der Waals surface area (Å²) in [6.07, 6.45) is 10.6. The van der Waals surface area contributed by atoms with Crippen molar-refractivity contribution in [1.82, 2.24) is 19.7 Å². The van der Waals surface area contributed by atoms with Crippen molar-refractivity contribution in [3.8, 4) is 17.5 Å². The highest BCUT2D eigenvalue weighted by molar-refractivity contribution is 6.00. The Morgan fingerprint density at radius 3 is 2.36 bits per heavy atom. The SMILES string of the molecule is CC(C)C1=C2[C@H]3CC[C@@H]4[C@@]5(C)CC[C@H](OC(=O)CC(C)(C)C(=O)O)C(C)(C)[C@@H]5CC[C@@]4(C)[C@]3(C)CC[C@@]2(Cc2nnc(-c3ccc(C#N)nc3)n2C)CC1=O. The highest BCUT2D eigenvalue weighted by Crippen LogP contribution is 2.77. The van der Waals surface area contributed by atoms with E-state index in [1.54, 1.807) is 26.1 Å². The zero-order valence-electron chi connectivity index (χ0n) is 34.7. The molecule has 4 fully saturated rings. The smallest absolute Gasteiger partial charge is 0.309 e. The highest BCUT2D eigenvalue weighted by atomic mass is 16.5. The van der Waals surface area contributed by atoms with Gasteiger partial charge in [-0.2, -0.15) is 5.26 Å². The molecule has 5 aliphatic rings. The van der Waals surface area contributed by atoms with E-state index in [1.807, 2.05) is 17.7 Å². The van der Waals surface area contributed by atoms with Crippen LogP contribution in [-0.4, -0.2) is 48.7 Å². The average Bonchev–Trinajstić information content (AvgIpc) is 3.61. The summed E-state index contributed by atoms with van der Waals surface area (Å²) in [5.74, 6) is 1.79. The van der Waals surface area contributed by atoms with Gasteiger partial charge in [-0.1, -0.05) is 54.0 Å². The standard InChI is InChI=1S/C45H61N5O5/c1-26(2)36-30(51)21-45(22-34-48-49-38(50(34)10)27-11-12-28(24-46)47-25-27)20-19-43(8)29(37(36)45)13-14-32-42(7)17-16-33(55-35(52)23-40(3,4)39(53)54)41(5,6)31(42)15-18-44(32,43)9/h11-12,25-26,29,31-33H,13-23H2,1-10H3,(H,53,54)/t29-,31+,32-,33+,42+,43-,44-,45+/m1/s1. The first-order valence-electron chi connectivity index (χ1n) is 20.6. The number of Topliss-reactive ketones (excluding diaryl/α,β-unsaturated/α-hetero) is 1. The number of esters is 1. The molecule has 0 saturated heterocycles. The molecule has 0 radical (unpaired) electrons. The van der Waals surface area contributed by atoms with Crippen LogP contribution >= 0.6 is 0 Å². The minimum absolute atomic E-state index is 0.0164. The van der Waals surface area contributed by atoms with Gasteiger partial charge >= 0.3 is 11.9 Å². The number of hydrogen-bond donors (Lipinski definition) is 1. The average molecular weight is 752 g/mol. The summed E-state index contributed by atoms with van der Waals surface area (Å²) >= 11 is 0. The van der Waals surface area contributed by atoms with Gasteiger partial charge in [0.05, 0.1) is 11.8 Å². The number of fused-ring (bicyclic) bond motifs is 7. The van der Waals surface area contributed by atoms with Gasteiger partial charge in [-0.25, -0.2) is 4.98 Å². The molecule has 0 aliphatic heterocycles. The lowest BCUT2D eigenvalue weighted by atomic mass is 9.33. The maximum Gasteiger partial charge on any atom is 0.309 e. The molecule has 1 N–H and O–H groups in total. The van der Waals surface area contributed by atoms with Crippen LogP contribution in [0.4, 0.5) is 0 Å². The molecular formula is C45H61N5O5. The fourth-order valence-electron chi connectivity index (χ4n) is 13.4. The van der Waals surface area contributed by atoms with Crippen LogP contribution in [0.1, 0.15) is 138 Å². The second-order valence-corrected chi connectivity index (χ2v) is 20.4. The van der Waals surface area contributed by atoms with Gasteiger partial charge in [-0.15, -0.1) is 10.2 Å². The van der Waals surface area contributed by atoms with E-state index in [9.17, 15) is 24.8 Å². The summed E-state index contributed by atoms with van der Waals surface area (Å²) in [4.78, 5) is 43.4. The molecule has 7 rings (SSSR count). The molecule has 10 heteroatoms. The third kappa shape index (κ3) is 5.83. The fraction of sp³-hybridized carbons (Fsp3) is 0.711. The van der Waals surface area contributed by atoms with E-state index in [0.29, 0.717) is 47.9 Å².